The summed E-state index contributed by atoms with van der Waals surface area (Å²) in [7, 11) is 0. The van der Waals surface area contributed by atoms with Crippen LogP contribution in [0.2, 0.25) is 0 Å². The summed E-state index contributed by atoms with van der Waals surface area (Å²) < 4.78 is 1.70. The molecule has 152 valence electrons. The summed E-state index contributed by atoms with van der Waals surface area (Å²) in [4.78, 5) is 33.3. The van der Waals surface area contributed by atoms with Gasteiger partial charge in [-0.2, -0.15) is 5.10 Å². The number of hydrogen-bond donors (Lipinski definition) is 0. The van der Waals surface area contributed by atoms with Gasteiger partial charge in [0, 0.05) is 38.5 Å². The van der Waals surface area contributed by atoms with E-state index in [9.17, 15) is 9.59 Å². The standard InChI is InChI=1S/C21H31N5O2/c27-20(10-12-25-16-22-15-23-25)24-11-9-19-18(14-24)6-7-21(28)26(19)13-8-17-4-2-1-3-5-17/h4,15-16,18-19H,1-3,5-14H2/t18-,19+/m0/s1. The van der Waals surface area contributed by atoms with Crippen molar-refractivity contribution in [3.05, 3.63) is 24.3 Å². The van der Waals surface area contributed by atoms with Crippen LogP contribution in [0.25, 0.3) is 0 Å². The van der Waals surface area contributed by atoms with Crippen molar-refractivity contribution in [2.24, 2.45) is 5.92 Å². The molecule has 0 radical (unpaired) electrons. The molecule has 3 aliphatic rings. The van der Waals surface area contributed by atoms with Crippen LogP contribution >= 0.6 is 0 Å². The van der Waals surface area contributed by atoms with Gasteiger partial charge in [-0.1, -0.05) is 11.6 Å². The minimum atomic E-state index is 0.185. The number of nitrogens with zero attached hydrogens (tertiary/aromatic N) is 5. The number of likely N-dealkylation sites (tertiary alicyclic amines) is 2. The molecular formula is C21H31N5O2. The molecule has 0 bridgehead atoms. The van der Waals surface area contributed by atoms with Crippen molar-refractivity contribution in [1.29, 1.82) is 0 Å². The summed E-state index contributed by atoms with van der Waals surface area (Å²) in [5.74, 6) is 0.912. The number of carbonyl (C=O) groups is 2. The molecule has 2 fully saturated rings. The van der Waals surface area contributed by atoms with Crippen LogP contribution in [0.4, 0.5) is 0 Å². The van der Waals surface area contributed by atoms with E-state index in [2.05, 4.69) is 21.1 Å². The second kappa shape index (κ2) is 8.88. The minimum Gasteiger partial charge on any atom is -0.342 e. The number of aryl methyl sites for hydroxylation is 1. The van der Waals surface area contributed by atoms with E-state index >= 15 is 0 Å². The average Bonchev–Trinajstić information content (AvgIpc) is 3.25. The highest BCUT2D eigenvalue weighted by Gasteiger charge is 2.40. The zero-order chi connectivity index (χ0) is 19.3. The maximum Gasteiger partial charge on any atom is 0.224 e. The van der Waals surface area contributed by atoms with Crippen molar-refractivity contribution in [1.82, 2.24) is 24.6 Å². The first kappa shape index (κ1) is 19.2. The second-order valence-corrected chi connectivity index (χ2v) is 8.35. The van der Waals surface area contributed by atoms with E-state index in [1.807, 2.05) is 4.90 Å². The van der Waals surface area contributed by atoms with Crippen LogP contribution in [0.5, 0.6) is 0 Å². The Kier molecular flexibility index (Phi) is 6.07. The van der Waals surface area contributed by atoms with Gasteiger partial charge in [0.1, 0.15) is 12.7 Å². The molecule has 0 unspecified atom stereocenters. The first-order chi connectivity index (χ1) is 13.7. The third-order valence-electron chi connectivity index (χ3n) is 6.58. The molecule has 7 nitrogen and oxygen atoms in total. The first-order valence-corrected chi connectivity index (χ1v) is 10.8. The fourth-order valence-corrected chi connectivity index (χ4v) is 4.98. The van der Waals surface area contributed by atoms with Crippen LogP contribution in [0.15, 0.2) is 24.3 Å². The predicted molar refractivity (Wildman–Crippen MR) is 105 cm³/mol. The molecule has 2 atom stereocenters. The Hall–Kier alpha value is -2.18. The van der Waals surface area contributed by atoms with Crippen LogP contribution < -0.4 is 0 Å². The van der Waals surface area contributed by atoms with Crippen molar-refractivity contribution in [3.8, 4) is 0 Å². The SMILES string of the molecule is O=C(CCn1cncn1)N1CC[C@@H]2[C@@H](CCC(=O)N2CCC2=CCCCC2)C1. The highest BCUT2D eigenvalue weighted by atomic mass is 16.2. The van der Waals surface area contributed by atoms with Crippen molar-refractivity contribution < 1.29 is 9.59 Å². The van der Waals surface area contributed by atoms with E-state index in [4.69, 9.17) is 0 Å². The van der Waals surface area contributed by atoms with E-state index < -0.39 is 0 Å². The molecule has 1 aliphatic carbocycles. The van der Waals surface area contributed by atoms with Crippen LogP contribution in [0.1, 0.15) is 57.8 Å². The number of carbonyl (C=O) groups excluding carboxylic acids is 2. The molecule has 2 saturated heterocycles. The van der Waals surface area contributed by atoms with Crippen molar-refractivity contribution in [2.45, 2.75) is 70.4 Å². The van der Waals surface area contributed by atoms with Gasteiger partial charge in [-0.25, -0.2) is 4.98 Å². The summed E-state index contributed by atoms with van der Waals surface area (Å²) in [6, 6.07) is 0.310. The highest BCUT2D eigenvalue weighted by molar-refractivity contribution is 5.78. The summed E-state index contributed by atoms with van der Waals surface area (Å²) >= 11 is 0. The van der Waals surface area contributed by atoms with Gasteiger partial charge in [0.2, 0.25) is 11.8 Å². The number of rotatable bonds is 6. The minimum absolute atomic E-state index is 0.185. The normalized spacial score (nSPS) is 25.4. The Labute approximate surface area is 166 Å². The number of allylic oxidation sites excluding steroid dienone is 1. The van der Waals surface area contributed by atoms with Crippen molar-refractivity contribution in [2.75, 3.05) is 19.6 Å². The molecule has 1 aromatic heterocycles. The summed E-state index contributed by atoms with van der Waals surface area (Å²) in [6.07, 6.45) is 14.4. The van der Waals surface area contributed by atoms with E-state index in [1.54, 1.807) is 11.0 Å². The maximum atomic E-state index is 12.6. The van der Waals surface area contributed by atoms with E-state index in [1.165, 1.54) is 37.6 Å². The molecular weight excluding hydrogens is 354 g/mol. The van der Waals surface area contributed by atoms with Gasteiger partial charge >= 0.3 is 0 Å². The lowest BCUT2D eigenvalue weighted by atomic mass is 9.83. The summed E-state index contributed by atoms with van der Waals surface area (Å²) in [6.45, 7) is 2.96. The topological polar surface area (TPSA) is 71.3 Å². The predicted octanol–water partition coefficient (Wildman–Crippen LogP) is 2.40. The molecule has 2 aliphatic heterocycles. The quantitative estimate of drug-likeness (QED) is 0.705. The number of hydrogen-bond acceptors (Lipinski definition) is 4. The second-order valence-electron chi connectivity index (χ2n) is 8.35. The van der Waals surface area contributed by atoms with Crippen molar-refractivity contribution >= 4 is 11.8 Å². The largest absolute Gasteiger partial charge is 0.342 e. The lowest BCUT2D eigenvalue weighted by Gasteiger charge is -2.47. The summed E-state index contributed by atoms with van der Waals surface area (Å²) in [5, 5.41) is 4.06. The van der Waals surface area contributed by atoms with Gasteiger partial charge in [0.15, 0.2) is 0 Å². The Balaban J connectivity index is 1.30. The van der Waals surface area contributed by atoms with Crippen LogP contribution in [0, 0.1) is 5.92 Å². The smallest absolute Gasteiger partial charge is 0.224 e. The fourth-order valence-electron chi connectivity index (χ4n) is 4.98. The zero-order valence-electron chi connectivity index (χ0n) is 16.6. The lowest BCUT2D eigenvalue weighted by molar-refractivity contribution is -0.144. The van der Waals surface area contributed by atoms with Crippen LogP contribution in [0.3, 0.4) is 0 Å². The zero-order valence-corrected chi connectivity index (χ0v) is 16.6. The molecule has 0 spiro atoms. The molecule has 1 aromatic rings. The van der Waals surface area contributed by atoms with Gasteiger partial charge in [-0.05, 0) is 50.9 Å². The number of fused-ring (bicyclic) bond motifs is 1. The molecule has 0 N–H and O–H groups in total. The molecule has 4 rings (SSSR count). The Bertz CT molecular complexity index is 714. The van der Waals surface area contributed by atoms with E-state index in [0.717, 1.165) is 38.9 Å². The molecule has 3 heterocycles. The first-order valence-electron chi connectivity index (χ1n) is 10.8. The van der Waals surface area contributed by atoms with E-state index in [0.29, 0.717) is 37.3 Å². The van der Waals surface area contributed by atoms with Gasteiger partial charge in [-0.15, -0.1) is 0 Å². The lowest BCUT2D eigenvalue weighted by Crippen LogP contribution is -2.57. The van der Waals surface area contributed by atoms with Crippen LogP contribution in [-0.4, -0.2) is 62.1 Å². The van der Waals surface area contributed by atoms with Gasteiger partial charge in [0.25, 0.3) is 0 Å². The average molecular weight is 386 g/mol. The Morgan fingerprint density at radius 2 is 2.11 bits per heavy atom. The van der Waals surface area contributed by atoms with Crippen molar-refractivity contribution in [3.63, 3.8) is 0 Å². The van der Waals surface area contributed by atoms with Gasteiger partial charge in [-0.3, -0.25) is 14.3 Å². The Morgan fingerprint density at radius 1 is 1.18 bits per heavy atom. The van der Waals surface area contributed by atoms with Gasteiger partial charge < -0.3 is 9.80 Å². The molecule has 0 saturated carbocycles. The number of aromatic nitrogens is 3. The summed E-state index contributed by atoms with van der Waals surface area (Å²) in [5.41, 5.74) is 1.53. The van der Waals surface area contributed by atoms with Gasteiger partial charge in [0.05, 0.1) is 6.54 Å². The molecule has 2 amide bonds. The highest BCUT2D eigenvalue weighted by Crippen LogP contribution is 2.32. The fraction of sp³-hybridized carbons (Fsp3) is 0.714. The third kappa shape index (κ3) is 4.45. The molecule has 7 heteroatoms. The Morgan fingerprint density at radius 3 is 2.89 bits per heavy atom. The molecule has 0 aromatic carbocycles. The number of amides is 2. The van der Waals surface area contributed by atoms with E-state index in [-0.39, 0.29) is 5.91 Å². The third-order valence-corrected chi connectivity index (χ3v) is 6.58. The monoisotopic (exact) mass is 385 g/mol. The van der Waals surface area contributed by atoms with Crippen LogP contribution in [-0.2, 0) is 16.1 Å². The number of piperidine rings is 2. The maximum absolute atomic E-state index is 12.6. The molecule has 28 heavy (non-hydrogen) atoms.